The van der Waals surface area contributed by atoms with Crippen LogP contribution in [-0.4, -0.2) is 32.7 Å². The summed E-state index contributed by atoms with van der Waals surface area (Å²) >= 11 is 6.29. The van der Waals surface area contributed by atoms with E-state index in [-0.39, 0.29) is 40.9 Å². The normalized spacial score (nSPS) is 11.0. The van der Waals surface area contributed by atoms with Crippen molar-refractivity contribution in [2.24, 2.45) is 5.10 Å². The monoisotopic (exact) mass is 642 g/mol. The number of hydrogen-bond donors (Lipinski definition) is 2. The van der Waals surface area contributed by atoms with Crippen molar-refractivity contribution in [2.75, 3.05) is 0 Å². The molecule has 0 saturated carbocycles. The lowest BCUT2D eigenvalue weighted by Crippen LogP contribution is -2.16. The van der Waals surface area contributed by atoms with Crippen LogP contribution in [0.2, 0.25) is 5.02 Å². The number of carboxylic acid groups (broad SMARTS) is 1. The summed E-state index contributed by atoms with van der Waals surface area (Å²) in [6, 6.07) is 23.3. The number of carbonyl (C=O) groups excluding carboxylic acids is 1. The van der Waals surface area contributed by atoms with Gasteiger partial charge in [0.1, 0.15) is 24.7 Å². The molecule has 0 saturated heterocycles. The number of hydrazone groups is 1. The number of carbonyl (C=O) groups is 2. The van der Waals surface area contributed by atoms with Gasteiger partial charge in [-0.15, -0.1) is 0 Å². The summed E-state index contributed by atoms with van der Waals surface area (Å²) in [6.45, 7) is 4.10. The highest BCUT2D eigenvalue weighted by Gasteiger charge is 2.21. The molecule has 0 fully saturated rings. The van der Waals surface area contributed by atoms with E-state index in [1.807, 2.05) is 38.1 Å². The fourth-order valence-electron chi connectivity index (χ4n) is 4.57. The predicted octanol–water partition coefficient (Wildman–Crippen LogP) is 6.87. The van der Waals surface area contributed by atoms with Gasteiger partial charge in [-0.2, -0.15) is 5.10 Å². The lowest BCUT2D eigenvalue weighted by molar-refractivity contribution is -0.385. The number of aromatic carboxylic acids is 1. The van der Waals surface area contributed by atoms with Crippen LogP contribution in [-0.2, 0) is 13.2 Å². The van der Waals surface area contributed by atoms with E-state index in [1.54, 1.807) is 6.07 Å². The highest BCUT2D eigenvalue weighted by atomic mass is 35.5. The summed E-state index contributed by atoms with van der Waals surface area (Å²) in [6.07, 6.45) is 1.19. The molecule has 0 aliphatic heterocycles. The van der Waals surface area contributed by atoms with E-state index in [0.717, 1.165) is 17.1 Å². The van der Waals surface area contributed by atoms with Gasteiger partial charge in [0.05, 0.1) is 21.7 Å². The van der Waals surface area contributed by atoms with Crippen LogP contribution in [0.5, 0.6) is 11.5 Å². The van der Waals surface area contributed by atoms with Crippen LogP contribution in [0, 0.1) is 24.0 Å². The maximum atomic E-state index is 12.6. The molecule has 2 N–H and O–H groups in total. The minimum Gasteiger partial charge on any atom is -0.486 e. The molecule has 3 aromatic carbocycles. The molecule has 0 radical (unpaired) electrons. The fourth-order valence-corrected chi connectivity index (χ4v) is 4.85. The van der Waals surface area contributed by atoms with Crippen LogP contribution in [0.15, 0.2) is 94.4 Å². The van der Waals surface area contributed by atoms with Crippen molar-refractivity contribution >= 4 is 35.4 Å². The van der Waals surface area contributed by atoms with Crippen molar-refractivity contribution in [1.82, 2.24) is 9.99 Å². The molecule has 0 atom stereocenters. The number of halogens is 1. The summed E-state index contributed by atoms with van der Waals surface area (Å²) in [4.78, 5) is 34.6. The van der Waals surface area contributed by atoms with Crippen LogP contribution in [0.4, 0.5) is 5.69 Å². The second-order valence-electron chi connectivity index (χ2n) is 10.1. The second kappa shape index (κ2) is 13.8. The van der Waals surface area contributed by atoms with Crippen LogP contribution in [0.3, 0.4) is 0 Å². The summed E-state index contributed by atoms with van der Waals surface area (Å²) in [5.74, 6) is -0.826. The Hall–Kier alpha value is -5.88. The molecule has 0 aliphatic rings. The van der Waals surface area contributed by atoms with Gasteiger partial charge in [0, 0.05) is 28.7 Å². The van der Waals surface area contributed by atoms with Gasteiger partial charge in [-0.05, 0) is 86.1 Å². The number of furan rings is 1. The Morgan fingerprint density at radius 2 is 1.67 bits per heavy atom. The summed E-state index contributed by atoms with van der Waals surface area (Å²) in [7, 11) is 0. The molecular formula is C33H27ClN4O8. The Balaban J connectivity index is 1.16. The van der Waals surface area contributed by atoms with E-state index in [0.29, 0.717) is 17.1 Å². The van der Waals surface area contributed by atoms with E-state index in [9.17, 15) is 19.7 Å². The van der Waals surface area contributed by atoms with Gasteiger partial charge in [-0.1, -0.05) is 23.7 Å². The average molecular weight is 643 g/mol. The number of aryl methyl sites for hydroxylation is 2. The number of benzene rings is 3. The van der Waals surface area contributed by atoms with Crippen LogP contribution in [0.25, 0.3) is 5.69 Å². The third-order valence-electron chi connectivity index (χ3n) is 6.84. The maximum Gasteiger partial charge on any atom is 0.335 e. The molecule has 12 nitrogen and oxygen atoms in total. The topological polar surface area (TPSA) is 158 Å². The molecule has 0 bridgehead atoms. The maximum absolute atomic E-state index is 12.6. The molecule has 2 heterocycles. The molecule has 234 valence electrons. The second-order valence-corrected chi connectivity index (χ2v) is 10.5. The Bertz CT molecular complexity index is 1910. The fraction of sp³-hybridized carbons (Fsp3) is 0.121. The number of nitrogens with zero attached hydrogens (tertiary/aromatic N) is 3. The van der Waals surface area contributed by atoms with Crippen molar-refractivity contribution in [1.29, 1.82) is 0 Å². The molecule has 5 rings (SSSR count). The number of nitro benzene ring substituents is 1. The van der Waals surface area contributed by atoms with Gasteiger partial charge in [-0.25, -0.2) is 10.2 Å². The lowest BCUT2D eigenvalue weighted by atomic mass is 10.1. The van der Waals surface area contributed by atoms with Crippen molar-refractivity contribution in [3.63, 3.8) is 0 Å². The molecule has 0 unspecified atom stereocenters. The highest BCUT2D eigenvalue weighted by molar-refractivity contribution is 6.32. The zero-order valence-corrected chi connectivity index (χ0v) is 25.4. The Labute approximate surface area is 267 Å². The zero-order valence-electron chi connectivity index (χ0n) is 24.6. The van der Waals surface area contributed by atoms with Gasteiger partial charge in [0.15, 0.2) is 5.76 Å². The van der Waals surface area contributed by atoms with Crippen molar-refractivity contribution in [2.45, 2.75) is 27.1 Å². The average Bonchev–Trinajstić information content (AvgIpc) is 3.65. The number of nitrogens with one attached hydrogen (secondary N) is 1. The van der Waals surface area contributed by atoms with Crippen LogP contribution in [0.1, 0.15) is 49.2 Å². The first-order valence-electron chi connectivity index (χ1n) is 13.8. The Morgan fingerprint density at radius 3 is 2.33 bits per heavy atom. The minimum absolute atomic E-state index is 0.00574. The molecule has 1 amide bonds. The van der Waals surface area contributed by atoms with Gasteiger partial charge in [-0.3, -0.25) is 14.9 Å². The molecule has 13 heteroatoms. The smallest absolute Gasteiger partial charge is 0.335 e. The standard InChI is InChI=1S/C33H27ClN4O8/c1-20-3-4-21(2)37(20)25-9-11-26(12-10-25)44-19-27-13-14-30(46-27)32(39)36-35-17-23-15-28(34)31(29(16-23)38(42)43)45-18-22-5-7-24(8-6-22)33(40)41/h3-17H,18-19H2,1-2H3,(H,36,39)(H,40,41)/b35-17+. The summed E-state index contributed by atoms with van der Waals surface area (Å²) in [5.41, 5.74) is 6.10. The Morgan fingerprint density at radius 1 is 0.978 bits per heavy atom. The number of rotatable bonds is 12. The van der Waals surface area contributed by atoms with Crippen molar-refractivity contribution in [3.05, 3.63) is 140 Å². The number of nitro groups is 1. The molecule has 2 aromatic heterocycles. The van der Waals surface area contributed by atoms with E-state index < -0.39 is 22.5 Å². The first-order chi connectivity index (χ1) is 22.1. The predicted molar refractivity (Wildman–Crippen MR) is 169 cm³/mol. The van der Waals surface area contributed by atoms with Crippen LogP contribution < -0.4 is 14.9 Å². The molecule has 0 aliphatic carbocycles. The minimum atomic E-state index is -1.07. The SMILES string of the molecule is Cc1ccc(C)n1-c1ccc(OCc2ccc(C(=O)N/N=C/c3cc(Cl)c(OCc4ccc(C(=O)O)cc4)c([N+](=O)[O-])c3)o2)cc1. The quantitative estimate of drug-likeness (QED) is 0.0847. The molecule has 5 aromatic rings. The van der Waals surface area contributed by atoms with Gasteiger partial charge in [0.25, 0.3) is 0 Å². The van der Waals surface area contributed by atoms with E-state index in [4.69, 9.17) is 30.6 Å². The Kier molecular flexibility index (Phi) is 9.48. The number of amides is 1. The third-order valence-corrected chi connectivity index (χ3v) is 7.12. The van der Waals surface area contributed by atoms with E-state index in [1.165, 1.54) is 48.7 Å². The number of hydrogen-bond acceptors (Lipinski definition) is 8. The number of aromatic nitrogens is 1. The van der Waals surface area contributed by atoms with Gasteiger partial charge >= 0.3 is 17.6 Å². The first-order valence-corrected chi connectivity index (χ1v) is 14.2. The summed E-state index contributed by atoms with van der Waals surface area (Å²) in [5, 5.41) is 24.6. The number of carboxylic acids is 1. The number of ether oxygens (including phenoxy) is 2. The largest absolute Gasteiger partial charge is 0.486 e. The van der Waals surface area contributed by atoms with Crippen molar-refractivity contribution < 1.29 is 33.5 Å². The van der Waals surface area contributed by atoms with Crippen LogP contribution >= 0.6 is 11.6 Å². The zero-order chi connectivity index (χ0) is 32.8. The first kappa shape index (κ1) is 31.5. The van der Waals surface area contributed by atoms with Crippen molar-refractivity contribution in [3.8, 4) is 17.2 Å². The molecule has 46 heavy (non-hydrogen) atoms. The van der Waals surface area contributed by atoms with E-state index in [2.05, 4.69) is 27.2 Å². The van der Waals surface area contributed by atoms with E-state index >= 15 is 0 Å². The highest BCUT2D eigenvalue weighted by Crippen LogP contribution is 2.36. The van der Waals surface area contributed by atoms with Gasteiger partial charge in [0.2, 0.25) is 5.75 Å². The van der Waals surface area contributed by atoms with Gasteiger partial charge < -0.3 is 23.6 Å². The molecule has 0 spiro atoms. The third kappa shape index (κ3) is 7.42. The summed E-state index contributed by atoms with van der Waals surface area (Å²) < 4.78 is 19.1. The lowest BCUT2D eigenvalue weighted by Gasteiger charge is -2.10. The molecular weight excluding hydrogens is 616 g/mol.